The van der Waals surface area contributed by atoms with Crippen molar-refractivity contribution in [2.45, 2.75) is 50.9 Å². The van der Waals surface area contributed by atoms with Gasteiger partial charge in [0.05, 0.1) is 43.0 Å². The lowest BCUT2D eigenvalue weighted by Gasteiger charge is -2.26. The second-order valence-corrected chi connectivity index (χ2v) is 20.0. The van der Waals surface area contributed by atoms with Gasteiger partial charge in [0.1, 0.15) is 27.7 Å². The number of carboxylic acid groups (broad SMARTS) is 1. The van der Waals surface area contributed by atoms with Gasteiger partial charge >= 0.3 is 12.2 Å². The zero-order valence-corrected chi connectivity index (χ0v) is 40.0. The average Bonchev–Trinajstić information content (AvgIpc) is 4.08. The number of carbonyl (C=O) groups excluding carboxylic acids is 1. The van der Waals surface area contributed by atoms with Crippen LogP contribution < -0.4 is 24.8 Å². The first kappa shape index (κ1) is 47.0. The van der Waals surface area contributed by atoms with Gasteiger partial charge in [-0.15, -0.1) is 5.10 Å². The van der Waals surface area contributed by atoms with E-state index in [1.54, 1.807) is 133 Å². The topological polar surface area (TPSA) is 222 Å². The summed E-state index contributed by atoms with van der Waals surface area (Å²) >= 11 is 2.17. The Bertz CT molecular complexity index is 3150. The van der Waals surface area contributed by atoms with Crippen LogP contribution >= 0.6 is 22.7 Å². The Hall–Kier alpha value is -7.46. The number of tetrazole rings is 1. The van der Waals surface area contributed by atoms with E-state index in [1.165, 1.54) is 15.2 Å². The lowest BCUT2D eigenvalue weighted by Crippen LogP contribution is -2.31. The van der Waals surface area contributed by atoms with Crippen molar-refractivity contribution in [2.24, 2.45) is 0 Å². The van der Waals surface area contributed by atoms with Crippen molar-refractivity contribution in [1.29, 1.82) is 0 Å². The highest BCUT2D eigenvalue weighted by Crippen LogP contribution is 2.47. The number of anilines is 2. The molecule has 0 bridgehead atoms. The Morgan fingerprint density at radius 2 is 1.32 bits per heavy atom. The molecule has 0 spiro atoms. The molecule has 0 aliphatic carbocycles. The van der Waals surface area contributed by atoms with E-state index in [4.69, 9.17) is 18.9 Å². The molecule has 0 fully saturated rings. The third kappa shape index (κ3) is 10.6. The van der Waals surface area contributed by atoms with Gasteiger partial charge < -0.3 is 24.1 Å². The maximum atomic E-state index is 16.3. The number of benzene rings is 5. The number of amides is 2. The first-order chi connectivity index (χ1) is 32.6. The number of sulfonamides is 1. The van der Waals surface area contributed by atoms with E-state index in [2.05, 4.69) is 36.1 Å². The summed E-state index contributed by atoms with van der Waals surface area (Å²) in [5.74, 6) is 1.93. The Morgan fingerprint density at radius 1 is 0.735 bits per heavy atom. The highest BCUT2D eigenvalue weighted by Gasteiger charge is 2.36. The first-order valence-corrected chi connectivity index (χ1v) is 23.9. The number of rotatable bonds is 16. The SMILES string of the molecule is COc1ccc(CN(Cc2ccc(OC)cc2)S(=O)(=O)c2c(-c3cnc(NC(=O)OC(C)(C)C)s3)ccc(-c3cccc4sc(NC(=O)O)nc34)c2-c2nnnn2Cc2ccc(OC)cc2)cc1. The predicted octanol–water partition coefficient (Wildman–Crippen LogP) is 9.64. The van der Waals surface area contributed by atoms with E-state index in [-0.39, 0.29) is 51.7 Å². The molecule has 3 N–H and O–H groups in total. The van der Waals surface area contributed by atoms with Crippen LogP contribution in [-0.2, 0) is 34.4 Å². The molecule has 3 aromatic heterocycles. The molecule has 8 rings (SSSR count). The van der Waals surface area contributed by atoms with Crippen LogP contribution in [0.25, 0.3) is 43.2 Å². The normalized spacial score (nSPS) is 11.7. The number of nitrogens with zero attached hydrogens (tertiary/aromatic N) is 7. The van der Waals surface area contributed by atoms with Gasteiger partial charge in [-0.1, -0.05) is 83.3 Å². The van der Waals surface area contributed by atoms with Crippen molar-refractivity contribution >= 4 is 65.4 Å². The minimum atomic E-state index is -4.69. The lowest BCUT2D eigenvalue weighted by molar-refractivity contribution is 0.0635. The van der Waals surface area contributed by atoms with Gasteiger partial charge in [0.15, 0.2) is 16.1 Å². The molecule has 350 valence electrons. The van der Waals surface area contributed by atoms with Crippen molar-refractivity contribution in [3.63, 3.8) is 0 Å². The average molecular weight is 976 g/mol. The van der Waals surface area contributed by atoms with Gasteiger partial charge in [0, 0.05) is 36.0 Å². The summed E-state index contributed by atoms with van der Waals surface area (Å²) in [6.45, 7) is 5.16. The van der Waals surface area contributed by atoms with E-state index < -0.39 is 27.8 Å². The Balaban J connectivity index is 1.41. The van der Waals surface area contributed by atoms with Crippen molar-refractivity contribution < 1.29 is 42.1 Å². The van der Waals surface area contributed by atoms with Crippen molar-refractivity contribution in [2.75, 3.05) is 32.0 Å². The maximum Gasteiger partial charge on any atom is 0.413 e. The quantitative estimate of drug-likeness (QED) is 0.0820. The number of ether oxygens (including phenoxy) is 4. The molecule has 2 amide bonds. The molecule has 0 saturated heterocycles. The van der Waals surface area contributed by atoms with Crippen LogP contribution in [-0.4, -0.2) is 87.1 Å². The Labute approximate surface area is 399 Å². The summed E-state index contributed by atoms with van der Waals surface area (Å²) in [6.07, 6.45) is -0.545. The number of para-hydroxylation sites is 1. The molecule has 21 heteroatoms. The summed E-state index contributed by atoms with van der Waals surface area (Å²) in [7, 11) is -0.0150. The molecular formula is C47H45N9O9S3. The van der Waals surface area contributed by atoms with Gasteiger partial charge in [-0.05, 0) is 95.9 Å². The number of nitrogens with one attached hydrogen (secondary N) is 2. The van der Waals surface area contributed by atoms with Crippen LogP contribution in [0.5, 0.6) is 17.2 Å². The second kappa shape index (κ2) is 19.8. The smallest absolute Gasteiger partial charge is 0.413 e. The predicted molar refractivity (Wildman–Crippen MR) is 259 cm³/mol. The number of thiazole rings is 2. The second-order valence-electron chi connectivity index (χ2n) is 16.1. The molecule has 0 radical (unpaired) electrons. The van der Waals surface area contributed by atoms with Crippen molar-refractivity contribution in [1.82, 2.24) is 34.5 Å². The fourth-order valence-electron chi connectivity index (χ4n) is 7.27. The zero-order valence-electron chi connectivity index (χ0n) is 37.6. The number of aromatic nitrogens is 6. The molecule has 8 aromatic rings. The third-order valence-electron chi connectivity index (χ3n) is 10.3. The highest BCUT2D eigenvalue weighted by atomic mass is 32.2. The summed E-state index contributed by atoms with van der Waals surface area (Å²) in [4.78, 5) is 34.1. The van der Waals surface area contributed by atoms with Gasteiger partial charge in [0.2, 0.25) is 10.0 Å². The third-order valence-corrected chi connectivity index (χ3v) is 14.1. The van der Waals surface area contributed by atoms with E-state index in [0.717, 1.165) is 28.2 Å². The summed E-state index contributed by atoms with van der Waals surface area (Å²) in [6, 6.07) is 30.3. The van der Waals surface area contributed by atoms with Crippen LogP contribution in [0, 0.1) is 0 Å². The molecule has 18 nitrogen and oxygen atoms in total. The van der Waals surface area contributed by atoms with Gasteiger partial charge in [-0.2, -0.15) is 4.31 Å². The Kier molecular flexibility index (Phi) is 13.7. The molecule has 0 aliphatic rings. The molecule has 5 aromatic carbocycles. The van der Waals surface area contributed by atoms with E-state index in [9.17, 15) is 14.7 Å². The fraction of sp³-hybridized carbons (Fsp3) is 0.213. The van der Waals surface area contributed by atoms with Crippen LogP contribution in [0.1, 0.15) is 37.5 Å². The van der Waals surface area contributed by atoms with E-state index in [1.807, 2.05) is 12.1 Å². The number of fused-ring (bicyclic) bond motifs is 1. The minimum Gasteiger partial charge on any atom is -0.497 e. The van der Waals surface area contributed by atoms with Crippen LogP contribution in [0.15, 0.2) is 114 Å². The van der Waals surface area contributed by atoms with E-state index in [0.29, 0.717) is 54.6 Å². The fourth-order valence-corrected chi connectivity index (χ4v) is 10.9. The van der Waals surface area contributed by atoms with Crippen molar-refractivity contribution in [3.8, 4) is 50.2 Å². The monoisotopic (exact) mass is 975 g/mol. The Morgan fingerprint density at radius 3 is 1.90 bits per heavy atom. The highest BCUT2D eigenvalue weighted by molar-refractivity contribution is 7.89. The molecule has 0 atom stereocenters. The number of hydrogen-bond acceptors (Lipinski definition) is 15. The van der Waals surface area contributed by atoms with Gasteiger partial charge in [-0.25, -0.2) is 32.7 Å². The molecule has 68 heavy (non-hydrogen) atoms. The van der Waals surface area contributed by atoms with Crippen molar-refractivity contribution in [3.05, 3.63) is 126 Å². The van der Waals surface area contributed by atoms with Crippen LogP contribution in [0.3, 0.4) is 0 Å². The molecule has 0 saturated carbocycles. The standard InChI is InChI=1S/C47H45N9O9S3/c1-47(2,3)65-46(59)51-43-48-24-38(67-43)36-23-22-34(35-8-7-9-37-40(35)49-44(66-37)50-45(57)58)39(42-52-53-54-56(42)27-30-14-20-33(64-6)21-15-30)41(36)68(60,61)55(25-28-10-16-31(62-4)17-11-28)26-29-12-18-32(63-5)19-13-29/h7-24H,25-27H2,1-6H3,(H,49,50)(H,57,58)(H,48,51,59). The van der Waals surface area contributed by atoms with Gasteiger partial charge in [0.25, 0.3) is 0 Å². The number of hydrogen-bond donors (Lipinski definition) is 3. The lowest BCUT2D eigenvalue weighted by atomic mass is 9.95. The first-order valence-electron chi connectivity index (χ1n) is 20.8. The van der Waals surface area contributed by atoms with E-state index >= 15 is 8.42 Å². The number of methoxy groups -OCH3 is 3. The number of carbonyl (C=O) groups is 2. The summed E-state index contributed by atoms with van der Waals surface area (Å²) < 4.78 is 57.9. The zero-order chi connectivity index (χ0) is 48.2. The molecule has 0 unspecified atom stereocenters. The maximum absolute atomic E-state index is 16.3. The summed E-state index contributed by atoms with van der Waals surface area (Å²) in [5, 5.41) is 28.0. The molecular weight excluding hydrogens is 931 g/mol. The van der Waals surface area contributed by atoms with Gasteiger partial charge in [-0.3, -0.25) is 10.6 Å². The molecule has 3 heterocycles. The van der Waals surface area contributed by atoms with Crippen LogP contribution in [0.4, 0.5) is 19.9 Å². The summed E-state index contributed by atoms with van der Waals surface area (Å²) in [5.41, 5.74) is 2.93. The molecule has 0 aliphatic heterocycles. The minimum absolute atomic E-state index is 0.0850. The van der Waals surface area contributed by atoms with Crippen LogP contribution in [0.2, 0.25) is 0 Å². The largest absolute Gasteiger partial charge is 0.497 e.